The van der Waals surface area contributed by atoms with Crippen LogP contribution in [-0.4, -0.2) is 64.1 Å². The van der Waals surface area contributed by atoms with E-state index in [1.807, 2.05) is 30.3 Å². The highest BCUT2D eigenvalue weighted by Gasteiger charge is 2.19. The van der Waals surface area contributed by atoms with Gasteiger partial charge in [0.1, 0.15) is 5.75 Å². The number of aryl methyl sites for hydroxylation is 1. The number of unbranched alkanes of at least 4 members (excludes halogenated alkanes) is 1. The summed E-state index contributed by atoms with van der Waals surface area (Å²) in [5.74, 6) is 2.46. The number of rotatable bonds is 16. The summed E-state index contributed by atoms with van der Waals surface area (Å²) >= 11 is 0. The molecule has 0 unspecified atom stereocenters. The number of nitrogens with zero attached hydrogens (tertiary/aromatic N) is 1. The van der Waals surface area contributed by atoms with Crippen molar-refractivity contribution in [3.05, 3.63) is 47.5 Å². The van der Waals surface area contributed by atoms with Crippen molar-refractivity contribution in [2.45, 2.75) is 52.0 Å². The van der Waals surface area contributed by atoms with E-state index >= 15 is 0 Å². The van der Waals surface area contributed by atoms with E-state index in [1.54, 1.807) is 20.3 Å². The number of anilines is 1. The summed E-state index contributed by atoms with van der Waals surface area (Å²) < 4.78 is 17.1. The van der Waals surface area contributed by atoms with E-state index in [1.165, 1.54) is 0 Å². The first-order valence-corrected chi connectivity index (χ1v) is 13.1. The van der Waals surface area contributed by atoms with Crippen LogP contribution in [0.4, 0.5) is 10.5 Å². The number of hydrogen-bond donors (Lipinski definition) is 3. The molecule has 0 saturated heterocycles. The third-order valence-corrected chi connectivity index (χ3v) is 6.12. The van der Waals surface area contributed by atoms with Crippen molar-refractivity contribution in [1.29, 1.82) is 0 Å². The molecular formula is C29H45N3O5. The second kappa shape index (κ2) is 16.0. The van der Waals surface area contributed by atoms with Gasteiger partial charge in [-0.05, 0) is 76.4 Å². The lowest BCUT2D eigenvalue weighted by atomic mass is 10.0. The van der Waals surface area contributed by atoms with Gasteiger partial charge in [0, 0.05) is 17.3 Å². The van der Waals surface area contributed by atoms with Crippen LogP contribution in [0.1, 0.15) is 56.7 Å². The molecule has 0 saturated carbocycles. The van der Waals surface area contributed by atoms with Gasteiger partial charge in [-0.15, -0.1) is 0 Å². The lowest BCUT2D eigenvalue weighted by Gasteiger charge is -2.21. The lowest BCUT2D eigenvalue weighted by Crippen LogP contribution is -2.34. The molecule has 0 aliphatic carbocycles. The summed E-state index contributed by atoms with van der Waals surface area (Å²) in [7, 11) is 7.32. The summed E-state index contributed by atoms with van der Waals surface area (Å²) in [6, 6.07) is 10.1. The van der Waals surface area contributed by atoms with Crippen LogP contribution in [0.15, 0.2) is 36.4 Å². The molecule has 2 aromatic rings. The van der Waals surface area contributed by atoms with Crippen molar-refractivity contribution >= 4 is 11.7 Å². The monoisotopic (exact) mass is 515 g/mol. The number of ether oxygens (including phenoxy) is 3. The molecule has 2 aromatic carbocycles. The molecule has 0 radical (unpaired) electrons. The predicted molar refractivity (Wildman–Crippen MR) is 149 cm³/mol. The van der Waals surface area contributed by atoms with Gasteiger partial charge in [0.25, 0.3) is 0 Å². The maximum Gasteiger partial charge on any atom is 0.319 e. The van der Waals surface area contributed by atoms with Crippen LogP contribution in [0.3, 0.4) is 0 Å². The van der Waals surface area contributed by atoms with E-state index in [0.29, 0.717) is 41.0 Å². The van der Waals surface area contributed by atoms with Gasteiger partial charge in [-0.1, -0.05) is 32.0 Å². The number of urea groups is 1. The van der Waals surface area contributed by atoms with E-state index in [0.717, 1.165) is 44.2 Å². The number of hydrogen-bond acceptors (Lipinski definition) is 6. The van der Waals surface area contributed by atoms with Crippen LogP contribution in [0.5, 0.6) is 17.2 Å². The largest absolute Gasteiger partial charge is 0.496 e. The molecule has 2 amide bonds. The van der Waals surface area contributed by atoms with Crippen molar-refractivity contribution in [2.24, 2.45) is 5.92 Å². The third kappa shape index (κ3) is 10.1. The van der Waals surface area contributed by atoms with Crippen molar-refractivity contribution < 1.29 is 24.1 Å². The topological polar surface area (TPSA) is 92.3 Å². The second-order valence-corrected chi connectivity index (χ2v) is 9.88. The molecule has 0 heterocycles. The average molecular weight is 516 g/mol. The number of aliphatic hydroxyl groups excluding tert-OH is 1. The minimum atomic E-state index is -0.621. The van der Waals surface area contributed by atoms with Gasteiger partial charge < -0.3 is 34.9 Å². The summed E-state index contributed by atoms with van der Waals surface area (Å²) in [5, 5.41) is 15.8. The van der Waals surface area contributed by atoms with Gasteiger partial charge in [-0.2, -0.15) is 0 Å². The first kappa shape index (κ1) is 30.3. The van der Waals surface area contributed by atoms with Crippen molar-refractivity contribution in [3.63, 3.8) is 0 Å². The van der Waals surface area contributed by atoms with Crippen LogP contribution in [0.2, 0.25) is 0 Å². The summed E-state index contributed by atoms with van der Waals surface area (Å²) in [4.78, 5) is 15.2. The highest BCUT2D eigenvalue weighted by molar-refractivity contribution is 5.91. The minimum absolute atomic E-state index is 0.266. The summed E-state index contributed by atoms with van der Waals surface area (Å²) in [5.41, 5.74) is 2.34. The normalized spacial score (nSPS) is 11.9. The van der Waals surface area contributed by atoms with Gasteiger partial charge in [-0.3, -0.25) is 0 Å². The zero-order valence-electron chi connectivity index (χ0n) is 23.3. The zero-order valence-corrected chi connectivity index (χ0v) is 23.3. The second-order valence-electron chi connectivity index (χ2n) is 9.88. The number of carbonyl (C=O) groups is 1. The van der Waals surface area contributed by atoms with Gasteiger partial charge in [0.05, 0.1) is 33.5 Å². The maximum absolute atomic E-state index is 13.1. The molecule has 0 aromatic heterocycles. The molecule has 2 rings (SSSR count). The lowest BCUT2D eigenvalue weighted by molar-refractivity contribution is 0.223. The number of benzene rings is 2. The van der Waals surface area contributed by atoms with Crippen LogP contribution >= 0.6 is 0 Å². The Morgan fingerprint density at radius 1 is 1.00 bits per heavy atom. The molecule has 1 atom stereocenters. The molecule has 206 valence electrons. The van der Waals surface area contributed by atoms with Crippen molar-refractivity contribution in [1.82, 2.24) is 10.2 Å². The Morgan fingerprint density at radius 3 is 2.38 bits per heavy atom. The Kier molecular flexibility index (Phi) is 13.1. The van der Waals surface area contributed by atoms with Crippen LogP contribution in [0.25, 0.3) is 0 Å². The van der Waals surface area contributed by atoms with Crippen LogP contribution in [0, 0.1) is 5.92 Å². The molecule has 0 fully saturated rings. The van der Waals surface area contributed by atoms with E-state index in [9.17, 15) is 9.90 Å². The molecule has 0 spiro atoms. The number of aliphatic hydroxyl groups is 1. The molecule has 8 heteroatoms. The quantitative estimate of drug-likeness (QED) is 0.264. The van der Waals surface area contributed by atoms with E-state index < -0.39 is 12.1 Å². The van der Waals surface area contributed by atoms with E-state index in [-0.39, 0.29) is 6.61 Å². The molecule has 0 aliphatic rings. The number of para-hydroxylation sites is 1. The number of nitrogens with one attached hydrogen (secondary N) is 2. The SMILES string of the molecule is COc1cc(CCCCN(C)C)c(NC(=O)N[C@@H](CO)c2ccccc2OC)cc1OCCCC(C)C. The number of carbonyl (C=O) groups excluding carboxylic acids is 1. The third-order valence-electron chi connectivity index (χ3n) is 6.12. The fraction of sp³-hybridized carbons (Fsp3) is 0.552. The molecule has 3 N–H and O–H groups in total. The first-order valence-electron chi connectivity index (χ1n) is 13.1. The molecular weight excluding hydrogens is 470 g/mol. The summed E-state index contributed by atoms with van der Waals surface area (Å²) in [6.45, 7) is 5.68. The smallest absolute Gasteiger partial charge is 0.319 e. The molecule has 0 aliphatic heterocycles. The Morgan fingerprint density at radius 2 is 1.73 bits per heavy atom. The van der Waals surface area contributed by atoms with Gasteiger partial charge in [0.2, 0.25) is 0 Å². The summed E-state index contributed by atoms with van der Waals surface area (Å²) in [6.07, 6.45) is 4.80. The Labute approximate surface area is 222 Å². The van der Waals surface area contributed by atoms with Crippen LogP contribution in [-0.2, 0) is 6.42 Å². The number of amides is 2. The van der Waals surface area contributed by atoms with Gasteiger partial charge in [-0.25, -0.2) is 4.79 Å². The first-order chi connectivity index (χ1) is 17.8. The van der Waals surface area contributed by atoms with Gasteiger partial charge in [0.15, 0.2) is 11.5 Å². The van der Waals surface area contributed by atoms with E-state index in [4.69, 9.17) is 14.2 Å². The zero-order chi connectivity index (χ0) is 27.2. The standard InChI is InChI=1S/C29H45N3O5/c1-21(2)12-11-17-37-28-19-24(22(18-27(28)36-6)13-9-10-16-32(3)4)30-29(34)31-25(20-33)23-14-7-8-15-26(23)35-5/h7-8,14-15,18-19,21,25,33H,9-13,16-17,20H2,1-6H3,(H2,30,31,34)/t25-/m0/s1. The fourth-order valence-electron chi connectivity index (χ4n) is 4.11. The fourth-order valence-corrected chi connectivity index (χ4v) is 4.11. The van der Waals surface area contributed by atoms with Crippen LogP contribution < -0.4 is 24.8 Å². The molecule has 37 heavy (non-hydrogen) atoms. The Bertz CT molecular complexity index is 965. The highest BCUT2D eigenvalue weighted by Crippen LogP contribution is 2.35. The van der Waals surface area contributed by atoms with E-state index in [2.05, 4.69) is 43.5 Å². The Hall–Kier alpha value is -2.97. The maximum atomic E-state index is 13.1. The Balaban J connectivity index is 2.23. The molecule has 8 nitrogen and oxygen atoms in total. The predicted octanol–water partition coefficient (Wildman–Crippen LogP) is 5.26. The number of methoxy groups -OCH3 is 2. The average Bonchev–Trinajstić information content (AvgIpc) is 2.88. The minimum Gasteiger partial charge on any atom is -0.496 e. The highest BCUT2D eigenvalue weighted by atomic mass is 16.5. The van der Waals surface area contributed by atoms with Gasteiger partial charge >= 0.3 is 6.03 Å². The molecule has 0 bridgehead atoms. The van der Waals surface area contributed by atoms with Crippen molar-refractivity contribution in [3.8, 4) is 17.2 Å². The van der Waals surface area contributed by atoms with Crippen molar-refractivity contribution in [2.75, 3.05) is 53.4 Å².